The van der Waals surface area contributed by atoms with Gasteiger partial charge in [-0.2, -0.15) is 31.4 Å². The van der Waals surface area contributed by atoms with Crippen LogP contribution in [-0.2, 0) is 28.9 Å². The van der Waals surface area contributed by atoms with Gasteiger partial charge in [0.1, 0.15) is 11.5 Å². The fourth-order valence-corrected chi connectivity index (χ4v) is 4.93. The summed E-state index contributed by atoms with van der Waals surface area (Å²) in [5.41, 5.74) is -2.52. The summed E-state index contributed by atoms with van der Waals surface area (Å²) in [6.45, 7) is 21.2. The van der Waals surface area contributed by atoms with E-state index in [4.69, 9.17) is 25.8 Å². The molecule has 2 N–H and O–H groups in total. The van der Waals surface area contributed by atoms with Gasteiger partial charge in [0.05, 0.1) is 40.2 Å². The quantitative estimate of drug-likeness (QED) is 0.111. The van der Waals surface area contributed by atoms with Crippen LogP contribution in [0.5, 0.6) is 11.5 Å². The molecule has 1 heterocycles. The van der Waals surface area contributed by atoms with Gasteiger partial charge in [-0.05, 0) is 115 Å². The summed E-state index contributed by atoms with van der Waals surface area (Å²) in [7, 11) is 3.23. The monoisotopic (exact) mass is 795 g/mol. The molecule has 0 radical (unpaired) electrons. The molecule has 0 amide bonds. The summed E-state index contributed by atoms with van der Waals surface area (Å²) in [6.07, 6.45) is -5.36. The predicted octanol–water partition coefficient (Wildman–Crippen LogP) is 12.0. The summed E-state index contributed by atoms with van der Waals surface area (Å²) in [5, 5.41) is 17.2. The number of hydrogen-bond acceptors (Lipinski definition) is 6. The highest BCUT2D eigenvalue weighted by Gasteiger charge is 2.36. The van der Waals surface area contributed by atoms with Crippen molar-refractivity contribution in [2.24, 2.45) is 12.5 Å². The number of ether oxygens (including phenoxy) is 3. The lowest BCUT2D eigenvalue weighted by Crippen LogP contribution is -2.27. The Hall–Kier alpha value is -3.00. The predicted molar refractivity (Wildman–Crippen MR) is 205 cm³/mol. The van der Waals surface area contributed by atoms with Crippen LogP contribution in [0.2, 0.25) is 5.02 Å². The standard InChI is InChI=1S/C31H37ClF6N2O4.C5H12.C4H11N/c1-19(2)42-16-13-29(3,4)44-15-8-6-7-14-43-25-12-10-21(24-18-26(31(36,37)38)39-40(24)5)28(41)27(25)20-9-11-23(32)22(17-20)30(33,34)35;1-5(2,3)4;1-3-4-5-2/h9-12,17-19,41H,6-8,13-16H2,1-5H3;1-4H3;5H,3-4H2,1-2H3. The molecular formula is C40H60ClF6N3O4. The van der Waals surface area contributed by atoms with Crippen molar-refractivity contribution in [3.8, 4) is 33.9 Å². The first-order valence-electron chi connectivity index (χ1n) is 18.2. The highest BCUT2D eigenvalue weighted by molar-refractivity contribution is 6.31. The average molecular weight is 796 g/mol. The molecule has 0 bridgehead atoms. The van der Waals surface area contributed by atoms with E-state index >= 15 is 0 Å². The van der Waals surface area contributed by atoms with E-state index in [-0.39, 0.29) is 46.4 Å². The Balaban J connectivity index is 0.00000129. The maximum Gasteiger partial charge on any atom is 0.435 e. The van der Waals surface area contributed by atoms with Crippen molar-refractivity contribution >= 4 is 11.6 Å². The van der Waals surface area contributed by atoms with Crippen molar-refractivity contribution in [3.05, 3.63) is 52.7 Å². The van der Waals surface area contributed by atoms with E-state index in [0.717, 1.165) is 48.7 Å². The largest absolute Gasteiger partial charge is 0.506 e. The third-order valence-electron chi connectivity index (χ3n) is 7.34. The normalized spacial score (nSPS) is 12.3. The Kier molecular flexibility index (Phi) is 19.9. The van der Waals surface area contributed by atoms with Crippen LogP contribution in [0.1, 0.15) is 106 Å². The van der Waals surface area contributed by atoms with Gasteiger partial charge in [0, 0.05) is 25.8 Å². The first-order valence-corrected chi connectivity index (χ1v) is 18.6. The number of aromatic hydroxyl groups is 1. The summed E-state index contributed by atoms with van der Waals surface area (Å²) in [5.74, 6) is -0.505. The molecule has 0 aliphatic carbocycles. The number of halogens is 7. The van der Waals surface area contributed by atoms with Gasteiger partial charge in [-0.25, -0.2) is 0 Å². The van der Waals surface area contributed by atoms with Crippen molar-refractivity contribution in [3.63, 3.8) is 0 Å². The third-order valence-corrected chi connectivity index (χ3v) is 7.67. The SMILES string of the molecule is CC(C)(C)C.CC(C)OCCC(C)(C)OCCCCCOc1ccc(-c2cc(C(F)(F)F)nn2C)c(O)c1-c1ccc(Cl)c(C(F)(F)F)c1.CCCNC. The Morgan fingerprint density at radius 2 is 1.48 bits per heavy atom. The van der Waals surface area contributed by atoms with E-state index in [9.17, 15) is 31.4 Å². The summed E-state index contributed by atoms with van der Waals surface area (Å²) in [4.78, 5) is 0. The Bertz CT molecular complexity index is 1540. The van der Waals surface area contributed by atoms with E-state index < -0.39 is 34.4 Å². The van der Waals surface area contributed by atoms with Crippen molar-refractivity contribution in [1.29, 1.82) is 0 Å². The zero-order chi connectivity index (χ0) is 41.5. The minimum atomic E-state index is -4.79. The van der Waals surface area contributed by atoms with E-state index in [0.29, 0.717) is 25.0 Å². The fraction of sp³-hybridized carbons (Fsp3) is 0.625. The van der Waals surface area contributed by atoms with Crippen LogP contribution in [0.3, 0.4) is 0 Å². The molecule has 0 saturated carbocycles. The van der Waals surface area contributed by atoms with Crippen LogP contribution >= 0.6 is 11.6 Å². The van der Waals surface area contributed by atoms with Crippen molar-refractivity contribution < 1.29 is 45.7 Å². The van der Waals surface area contributed by atoms with Crippen molar-refractivity contribution in [1.82, 2.24) is 15.1 Å². The number of benzene rings is 2. The van der Waals surface area contributed by atoms with Crippen molar-refractivity contribution in [2.75, 3.05) is 33.4 Å². The lowest BCUT2D eigenvalue weighted by molar-refractivity contribution is -0.141. The molecule has 0 aliphatic heterocycles. The van der Waals surface area contributed by atoms with Crippen LogP contribution in [-0.4, -0.2) is 60.0 Å². The number of hydrogen-bond donors (Lipinski definition) is 2. The molecule has 308 valence electrons. The topological polar surface area (TPSA) is 77.8 Å². The van der Waals surface area contributed by atoms with Gasteiger partial charge in [0.25, 0.3) is 0 Å². The van der Waals surface area contributed by atoms with E-state index in [1.54, 1.807) is 0 Å². The molecular weight excluding hydrogens is 736 g/mol. The minimum Gasteiger partial charge on any atom is -0.506 e. The van der Waals surface area contributed by atoms with Gasteiger partial charge in [-0.1, -0.05) is 52.3 Å². The third kappa shape index (κ3) is 18.1. The molecule has 0 spiro atoms. The molecule has 0 atom stereocenters. The van der Waals surface area contributed by atoms with Crippen LogP contribution in [0.4, 0.5) is 26.3 Å². The number of nitrogens with zero attached hydrogens (tertiary/aromatic N) is 2. The smallest absolute Gasteiger partial charge is 0.435 e. The molecule has 3 rings (SSSR count). The first kappa shape index (κ1) is 49.0. The van der Waals surface area contributed by atoms with Gasteiger partial charge in [-0.3, -0.25) is 4.68 Å². The maximum atomic E-state index is 13.7. The van der Waals surface area contributed by atoms with Crippen LogP contribution < -0.4 is 10.1 Å². The molecule has 0 saturated heterocycles. The van der Waals surface area contributed by atoms with E-state index in [1.165, 1.54) is 31.7 Å². The number of nitrogens with one attached hydrogen (secondary N) is 1. The average Bonchev–Trinajstić information content (AvgIpc) is 3.42. The zero-order valence-corrected chi connectivity index (χ0v) is 34.4. The summed E-state index contributed by atoms with van der Waals surface area (Å²) < 4.78 is 99.3. The molecule has 1 aromatic heterocycles. The highest BCUT2D eigenvalue weighted by Crippen LogP contribution is 2.47. The van der Waals surface area contributed by atoms with E-state index in [1.807, 2.05) is 34.7 Å². The van der Waals surface area contributed by atoms with Crippen LogP contribution in [0.15, 0.2) is 36.4 Å². The lowest BCUT2D eigenvalue weighted by atomic mass is 9.97. The Labute approximate surface area is 322 Å². The molecule has 2 aromatic carbocycles. The molecule has 14 heteroatoms. The molecule has 3 aromatic rings. The van der Waals surface area contributed by atoms with E-state index in [2.05, 4.69) is 45.0 Å². The second-order valence-electron chi connectivity index (χ2n) is 15.4. The van der Waals surface area contributed by atoms with Gasteiger partial charge in [0.2, 0.25) is 0 Å². The molecule has 54 heavy (non-hydrogen) atoms. The minimum absolute atomic E-state index is 0.0578. The molecule has 0 unspecified atom stereocenters. The number of aryl methyl sites for hydroxylation is 1. The molecule has 0 fully saturated rings. The van der Waals surface area contributed by atoms with Crippen LogP contribution in [0, 0.1) is 5.41 Å². The number of alkyl halides is 6. The number of phenols is 1. The number of unbranched alkanes of at least 4 members (excludes halogenated alkanes) is 2. The van der Waals surface area contributed by atoms with Crippen molar-refractivity contribution in [2.45, 2.75) is 118 Å². The highest BCUT2D eigenvalue weighted by atomic mass is 35.5. The second kappa shape index (κ2) is 21.9. The number of aromatic nitrogens is 2. The van der Waals surface area contributed by atoms with Gasteiger partial charge < -0.3 is 24.6 Å². The van der Waals surface area contributed by atoms with Gasteiger partial charge in [-0.15, -0.1) is 0 Å². The van der Waals surface area contributed by atoms with Gasteiger partial charge >= 0.3 is 12.4 Å². The van der Waals surface area contributed by atoms with Gasteiger partial charge in [0.15, 0.2) is 5.69 Å². The lowest BCUT2D eigenvalue weighted by Gasteiger charge is -2.25. The number of phenolic OH excluding ortho intramolecular Hbond substituents is 1. The number of rotatable bonds is 16. The second-order valence-corrected chi connectivity index (χ2v) is 15.8. The molecule has 7 nitrogen and oxygen atoms in total. The fourth-order valence-electron chi connectivity index (χ4n) is 4.71. The summed E-state index contributed by atoms with van der Waals surface area (Å²) >= 11 is 5.80. The Morgan fingerprint density at radius 3 is 1.98 bits per heavy atom. The maximum absolute atomic E-state index is 13.7. The Morgan fingerprint density at radius 1 is 0.870 bits per heavy atom. The van der Waals surface area contributed by atoms with Crippen LogP contribution in [0.25, 0.3) is 22.4 Å². The summed E-state index contributed by atoms with van der Waals surface area (Å²) in [6, 6.07) is 6.58. The zero-order valence-electron chi connectivity index (χ0n) is 33.6. The molecule has 0 aliphatic rings. The first-order chi connectivity index (χ1) is 24.8.